The van der Waals surface area contributed by atoms with Crippen molar-refractivity contribution in [2.75, 3.05) is 18.1 Å². The Balaban J connectivity index is 3.78. The summed E-state index contributed by atoms with van der Waals surface area (Å²) in [5.74, 6) is -1.16. The first kappa shape index (κ1) is 17.2. The van der Waals surface area contributed by atoms with E-state index >= 15 is 0 Å². The fourth-order valence-corrected chi connectivity index (χ4v) is 1.90. The standard InChI is InChI=1S/C10H17N3O5S/c1-2-11-10(18)13-8(15)5-19-4-3-7(9(16)17)12-6-14/h6-7H,2-5H2,1H3,(H,12,14)(H,16,17)(H2,11,13,15,18). The van der Waals surface area contributed by atoms with E-state index in [4.69, 9.17) is 5.11 Å². The molecule has 0 spiro atoms. The number of hydrogen-bond acceptors (Lipinski definition) is 5. The van der Waals surface area contributed by atoms with E-state index in [0.29, 0.717) is 18.7 Å². The fraction of sp³-hybridized carbons (Fsp3) is 0.600. The van der Waals surface area contributed by atoms with Gasteiger partial charge in [0.1, 0.15) is 6.04 Å². The molecule has 0 saturated heterocycles. The number of rotatable bonds is 9. The molecule has 0 fully saturated rings. The number of aliphatic carboxylic acids is 1. The van der Waals surface area contributed by atoms with Crippen LogP contribution in [0.2, 0.25) is 0 Å². The van der Waals surface area contributed by atoms with Gasteiger partial charge in [-0.15, -0.1) is 0 Å². The Kier molecular flexibility index (Phi) is 9.23. The molecule has 1 atom stereocenters. The zero-order valence-corrected chi connectivity index (χ0v) is 11.3. The van der Waals surface area contributed by atoms with E-state index in [1.54, 1.807) is 6.92 Å². The Hall–Kier alpha value is -1.77. The van der Waals surface area contributed by atoms with Crippen molar-refractivity contribution in [3.05, 3.63) is 0 Å². The smallest absolute Gasteiger partial charge is 0.326 e. The van der Waals surface area contributed by atoms with Crippen LogP contribution in [-0.4, -0.2) is 53.5 Å². The molecule has 0 bridgehead atoms. The summed E-state index contributed by atoms with van der Waals surface area (Å²) in [5, 5.41) is 15.4. The molecular weight excluding hydrogens is 274 g/mol. The lowest BCUT2D eigenvalue weighted by Gasteiger charge is -2.10. The number of carboxylic acid groups (broad SMARTS) is 1. The highest BCUT2D eigenvalue weighted by molar-refractivity contribution is 7.99. The van der Waals surface area contributed by atoms with Gasteiger partial charge in [0.2, 0.25) is 12.3 Å². The average Bonchev–Trinajstić information content (AvgIpc) is 2.33. The van der Waals surface area contributed by atoms with Crippen LogP contribution in [0.3, 0.4) is 0 Å². The fourth-order valence-electron chi connectivity index (χ4n) is 1.09. The molecule has 0 radical (unpaired) electrons. The Labute approximate surface area is 114 Å². The molecule has 1 unspecified atom stereocenters. The molecule has 0 aromatic heterocycles. The first-order chi connectivity index (χ1) is 9.01. The maximum absolute atomic E-state index is 11.3. The van der Waals surface area contributed by atoms with E-state index in [2.05, 4.69) is 16.0 Å². The third kappa shape index (κ3) is 8.89. The first-order valence-corrected chi connectivity index (χ1v) is 6.74. The zero-order valence-electron chi connectivity index (χ0n) is 10.5. The quantitative estimate of drug-likeness (QED) is 0.324. The summed E-state index contributed by atoms with van der Waals surface area (Å²) in [4.78, 5) is 43.1. The molecule has 0 aliphatic carbocycles. The molecular formula is C10H17N3O5S. The van der Waals surface area contributed by atoms with Crippen molar-refractivity contribution in [2.45, 2.75) is 19.4 Å². The lowest BCUT2D eigenvalue weighted by Crippen LogP contribution is -2.40. The van der Waals surface area contributed by atoms with Crippen LogP contribution in [0.4, 0.5) is 4.79 Å². The van der Waals surface area contributed by atoms with E-state index in [9.17, 15) is 19.2 Å². The third-order valence-electron chi connectivity index (χ3n) is 1.94. The largest absolute Gasteiger partial charge is 0.480 e. The summed E-state index contributed by atoms with van der Waals surface area (Å²) < 4.78 is 0. The zero-order chi connectivity index (χ0) is 14.7. The summed E-state index contributed by atoms with van der Waals surface area (Å²) in [6.07, 6.45) is 0.526. The molecule has 0 aliphatic heterocycles. The number of carboxylic acids is 1. The summed E-state index contributed by atoms with van der Waals surface area (Å²) in [6.45, 7) is 2.15. The van der Waals surface area contributed by atoms with Crippen LogP contribution in [-0.2, 0) is 14.4 Å². The molecule has 4 amide bonds. The second-order valence-corrected chi connectivity index (χ2v) is 4.53. The predicted octanol–water partition coefficient (Wildman–Crippen LogP) is -0.845. The van der Waals surface area contributed by atoms with Gasteiger partial charge in [-0.3, -0.25) is 14.9 Å². The number of nitrogens with one attached hydrogen (secondary N) is 3. The van der Waals surface area contributed by atoms with E-state index in [-0.39, 0.29) is 12.2 Å². The van der Waals surface area contributed by atoms with Crippen molar-refractivity contribution in [1.82, 2.24) is 16.0 Å². The highest BCUT2D eigenvalue weighted by Crippen LogP contribution is 2.04. The number of hydrogen-bond donors (Lipinski definition) is 4. The first-order valence-electron chi connectivity index (χ1n) is 5.59. The van der Waals surface area contributed by atoms with Gasteiger partial charge in [0, 0.05) is 6.54 Å². The number of thioether (sulfide) groups is 1. The van der Waals surface area contributed by atoms with Gasteiger partial charge in [-0.05, 0) is 19.1 Å². The predicted molar refractivity (Wildman–Crippen MR) is 69.8 cm³/mol. The van der Waals surface area contributed by atoms with Crippen LogP contribution in [0, 0.1) is 0 Å². The van der Waals surface area contributed by atoms with Crippen molar-refractivity contribution < 1.29 is 24.3 Å². The van der Waals surface area contributed by atoms with Crippen molar-refractivity contribution in [1.29, 1.82) is 0 Å². The lowest BCUT2D eigenvalue weighted by atomic mass is 10.2. The molecule has 0 aromatic rings. The molecule has 8 nitrogen and oxygen atoms in total. The number of carbonyl (C=O) groups excluding carboxylic acids is 3. The van der Waals surface area contributed by atoms with Crippen LogP contribution >= 0.6 is 11.8 Å². The summed E-state index contributed by atoms with van der Waals surface area (Å²) in [7, 11) is 0. The maximum Gasteiger partial charge on any atom is 0.326 e. The Morgan fingerprint density at radius 2 is 2.05 bits per heavy atom. The lowest BCUT2D eigenvalue weighted by molar-refractivity contribution is -0.140. The average molecular weight is 291 g/mol. The minimum Gasteiger partial charge on any atom is -0.480 e. The normalized spacial score (nSPS) is 11.2. The van der Waals surface area contributed by atoms with Gasteiger partial charge in [0.25, 0.3) is 0 Å². The second kappa shape index (κ2) is 10.2. The molecule has 9 heteroatoms. The number of carbonyl (C=O) groups is 4. The molecule has 19 heavy (non-hydrogen) atoms. The summed E-state index contributed by atoms with van der Waals surface area (Å²) in [5.41, 5.74) is 0. The Morgan fingerprint density at radius 3 is 2.58 bits per heavy atom. The van der Waals surface area contributed by atoms with Crippen LogP contribution in [0.25, 0.3) is 0 Å². The molecule has 0 heterocycles. The Bertz CT molecular complexity index is 337. The van der Waals surface area contributed by atoms with Crippen LogP contribution in [0.1, 0.15) is 13.3 Å². The molecule has 0 saturated carbocycles. The van der Waals surface area contributed by atoms with Gasteiger partial charge in [-0.1, -0.05) is 0 Å². The van der Waals surface area contributed by atoms with Crippen molar-refractivity contribution >= 4 is 36.1 Å². The van der Waals surface area contributed by atoms with Crippen LogP contribution in [0.15, 0.2) is 0 Å². The van der Waals surface area contributed by atoms with E-state index in [1.165, 1.54) is 11.8 Å². The van der Waals surface area contributed by atoms with Crippen molar-refractivity contribution in [3.8, 4) is 0 Å². The van der Waals surface area contributed by atoms with Gasteiger partial charge in [0.15, 0.2) is 0 Å². The minimum atomic E-state index is -1.13. The van der Waals surface area contributed by atoms with Gasteiger partial charge >= 0.3 is 12.0 Å². The topological polar surface area (TPSA) is 125 Å². The second-order valence-electron chi connectivity index (χ2n) is 3.42. The van der Waals surface area contributed by atoms with E-state index < -0.39 is 23.9 Å². The number of urea groups is 1. The van der Waals surface area contributed by atoms with E-state index in [1.807, 2.05) is 0 Å². The van der Waals surface area contributed by atoms with Crippen LogP contribution in [0.5, 0.6) is 0 Å². The minimum absolute atomic E-state index is 0.0462. The number of imide groups is 1. The SMILES string of the molecule is CCNC(=O)NC(=O)CSCCC(NC=O)C(=O)O. The summed E-state index contributed by atoms with van der Waals surface area (Å²) >= 11 is 1.18. The molecule has 0 aromatic carbocycles. The number of amides is 4. The van der Waals surface area contributed by atoms with Crippen molar-refractivity contribution in [3.63, 3.8) is 0 Å². The highest BCUT2D eigenvalue weighted by Gasteiger charge is 2.15. The van der Waals surface area contributed by atoms with Gasteiger partial charge < -0.3 is 15.7 Å². The monoisotopic (exact) mass is 291 g/mol. The Morgan fingerprint density at radius 1 is 1.37 bits per heavy atom. The third-order valence-corrected chi connectivity index (χ3v) is 2.93. The van der Waals surface area contributed by atoms with E-state index in [0.717, 1.165) is 0 Å². The molecule has 108 valence electrons. The molecule has 4 N–H and O–H groups in total. The van der Waals surface area contributed by atoms with Gasteiger partial charge in [-0.2, -0.15) is 11.8 Å². The van der Waals surface area contributed by atoms with Crippen LogP contribution < -0.4 is 16.0 Å². The van der Waals surface area contributed by atoms with Crippen molar-refractivity contribution in [2.24, 2.45) is 0 Å². The molecule has 0 aliphatic rings. The maximum atomic E-state index is 11.3. The highest BCUT2D eigenvalue weighted by atomic mass is 32.2. The molecule has 0 rings (SSSR count). The summed E-state index contributed by atoms with van der Waals surface area (Å²) in [6, 6.07) is -1.52. The van der Waals surface area contributed by atoms with Gasteiger partial charge in [0.05, 0.1) is 5.75 Å². The van der Waals surface area contributed by atoms with Gasteiger partial charge in [-0.25, -0.2) is 9.59 Å².